The van der Waals surface area contributed by atoms with E-state index in [1.165, 1.54) is 45.3 Å². The zero-order valence-electron chi connectivity index (χ0n) is 10.2. The highest BCUT2D eigenvalue weighted by molar-refractivity contribution is 5.07. The summed E-state index contributed by atoms with van der Waals surface area (Å²) in [6.07, 6.45) is 7.57. The van der Waals surface area contributed by atoms with Gasteiger partial charge in [0, 0.05) is 18.1 Å². The molecule has 3 heteroatoms. The molecule has 2 bridgehead atoms. The van der Waals surface area contributed by atoms with Crippen LogP contribution in [0.5, 0.6) is 0 Å². The van der Waals surface area contributed by atoms with Crippen LogP contribution in [0.15, 0.2) is 0 Å². The van der Waals surface area contributed by atoms with Gasteiger partial charge in [-0.3, -0.25) is 0 Å². The second-order valence-electron chi connectivity index (χ2n) is 6.21. The van der Waals surface area contributed by atoms with Crippen molar-refractivity contribution in [2.24, 2.45) is 23.3 Å². The van der Waals surface area contributed by atoms with Gasteiger partial charge in [-0.2, -0.15) is 0 Å². The fourth-order valence-electron chi connectivity index (χ4n) is 4.28. The largest absolute Gasteiger partial charge is 0.326 e. The molecule has 92 valence electrons. The molecule has 4 rings (SSSR count). The number of nitrogens with zero attached hydrogens (tertiary/aromatic N) is 1. The van der Waals surface area contributed by atoms with Crippen molar-refractivity contribution >= 4 is 0 Å². The zero-order chi connectivity index (χ0) is 11.2. The van der Waals surface area contributed by atoms with Gasteiger partial charge in [-0.25, -0.2) is 0 Å². The SMILES string of the molecule is NC1CCCCC1(N)[C@@H]1CN2CCC1CC2. The third kappa shape index (κ3) is 1.60. The minimum atomic E-state index is -0.0536. The third-order valence-corrected chi connectivity index (χ3v) is 5.41. The van der Waals surface area contributed by atoms with E-state index in [0.29, 0.717) is 5.92 Å². The zero-order valence-corrected chi connectivity index (χ0v) is 10.2. The number of hydrogen-bond donors (Lipinski definition) is 2. The molecule has 1 saturated carbocycles. The highest BCUT2D eigenvalue weighted by Crippen LogP contribution is 2.42. The molecule has 0 aromatic rings. The lowest BCUT2D eigenvalue weighted by Crippen LogP contribution is -2.68. The lowest BCUT2D eigenvalue weighted by molar-refractivity contribution is -0.0109. The highest BCUT2D eigenvalue weighted by atomic mass is 15.2. The van der Waals surface area contributed by atoms with E-state index in [4.69, 9.17) is 11.5 Å². The van der Waals surface area contributed by atoms with Crippen LogP contribution >= 0.6 is 0 Å². The standard InChI is InChI=1S/C13H25N3/c14-12-3-1-2-6-13(12,15)11-9-16-7-4-10(11)5-8-16/h10-12H,1-9,14-15H2/t11-,12?,13?/m1/s1. The molecule has 3 nitrogen and oxygen atoms in total. The van der Waals surface area contributed by atoms with E-state index in [2.05, 4.69) is 4.90 Å². The van der Waals surface area contributed by atoms with Crippen LogP contribution in [-0.2, 0) is 0 Å². The monoisotopic (exact) mass is 223 g/mol. The van der Waals surface area contributed by atoms with Crippen LogP contribution in [-0.4, -0.2) is 36.1 Å². The van der Waals surface area contributed by atoms with Crippen molar-refractivity contribution in [2.45, 2.75) is 50.1 Å². The van der Waals surface area contributed by atoms with E-state index in [0.717, 1.165) is 18.8 Å². The van der Waals surface area contributed by atoms with Crippen LogP contribution in [0.3, 0.4) is 0 Å². The summed E-state index contributed by atoms with van der Waals surface area (Å²) in [5.41, 5.74) is 13.0. The van der Waals surface area contributed by atoms with Crippen molar-refractivity contribution < 1.29 is 0 Å². The van der Waals surface area contributed by atoms with Gasteiger partial charge in [-0.05, 0) is 50.6 Å². The molecule has 0 radical (unpaired) electrons. The molecule has 3 aliphatic heterocycles. The number of nitrogens with two attached hydrogens (primary N) is 2. The minimum Gasteiger partial charge on any atom is -0.326 e. The quantitative estimate of drug-likeness (QED) is 0.695. The normalized spacial score (nSPS) is 52.9. The Morgan fingerprint density at radius 3 is 2.38 bits per heavy atom. The Hall–Kier alpha value is -0.120. The Morgan fingerprint density at radius 1 is 1.06 bits per heavy atom. The van der Waals surface area contributed by atoms with Gasteiger partial charge < -0.3 is 16.4 Å². The van der Waals surface area contributed by atoms with Crippen LogP contribution in [0.2, 0.25) is 0 Å². The van der Waals surface area contributed by atoms with Crippen LogP contribution < -0.4 is 11.5 Å². The molecule has 3 saturated heterocycles. The Balaban J connectivity index is 1.80. The number of fused-ring (bicyclic) bond motifs is 3. The van der Waals surface area contributed by atoms with Gasteiger partial charge in [0.2, 0.25) is 0 Å². The first-order valence-electron chi connectivity index (χ1n) is 6.97. The fraction of sp³-hybridized carbons (Fsp3) is 1.00. The average Bonchev–Trinajstić information content (AvgIpc) is 2.34. The first-order chi connectivity index (χ1) is 7.70. The van der Waals surface area contributed by atoms with Crippen LogP contribution in [0.25, 0.3) is 0 Å². The van der Waals surface area contributed by atoms with Gasteiger partial charge in [0.1, 0.15) is 0 Å². The molecule has 2 unspecified atom stereocenters. The molecule has 0 spiro atoms. The summed E-state index contributed by atoms with van der Waals surface area (Å²) in [5, 5.41) is 0. The first-order valence-corrected chi connectivity index (χ1v) is 6.97. The minimum absolute atomic E-state index is 0.0536. The molecule has 0 amide bonds. The second-order valence-corrected chi connectivity index (χ2v) is 6.21. The summed E-state index contributed by atoms with van der Waals surface area (Å²) in [4.78, 5) is 2.60. The van der Waals surface area contributed by atoms with Crippen molar-refractivity contribution in [3.8, 4) is 0 Å². The second kappa shape index (κ2) is 3.97. The Labute approximate surface area is 98.5 Å². The maximum atomic E-state index is 6.71. The maximum Gasteiger partial charge on any atom is 0.0351 e. The van der Waals surface area contributed by atoms with Gasteiger partial charge in [0.15, 0.2) is 0 Å². The summed E-state index contributed by atoms with van der Waals surface area (Å²) < 4.78 is 0. The smallest absolute Gasteiger partial charge is 0.0351 e. The fourth-order valence-corrected chi connectivity index (χ4v) is 4.28. The van der Waals surface area contributed by atoms with Crippen molar-refractivity contribution in [1.82, 2.24) is 4.90 Å². The third-order valence-electron chi connectivity index (χ3n) is 5.41. The van der Waals surface area contributed by atoms with Crippen molar-refractivity contribution in [1.29, 1.82) is 0 Å². The van der Waals surface area contributed by atoms with Gasteiger partial charge in [-0.15, -0.1) is 0 Å². The molecule has 0 aromatic heterocycles. The lowest BCUT2D eigenvalue weighted by Gasteiger charge is -2.55. The maximum absolute atomic E-state index is 6.71. The Kier molecular flexibility index (Phi) is 2.73. The summed E-state index contributed by atoms with van der Waals surface area (Å²) in [5.74, 6) is 1.53. The molecule has 3 heterocycles. The van der Waals surface area contributed by atoms with E-state index in [1.54, 1.807) is 0 Å². The number of piperidine rings is 3. The predicted molar refractivity (Wildman–Crippen MR) is 66.0 cm³/mol. The highest BCUT2D eigenvalue weighted by Gasteiger charge is 2.48. The lowest BCUT2D eigenvalue weighted by atomic mass is 9.62. The molecule has 16 heavy (non-hydrogen) atoms. The van der Waals surface area contributed by atoms with Gasteiger partial charge in [-0.1, -0.05) is 12.8 Å². The average molecular weight is 223 g/mol. The summed E-state index contributed by atoms with van der Waals surface area (Å²) in [6.45, 7) is 3.81. The van der Waals surface area contributed by atoms with Crippen LogP contribution in [0, 0.1) is 11.8 Å². The Morgan fingerprint density at radius 2 is 1.81 bits per heavy atom. The van der Waals surface area contributed by atoms with Crippen molar-refractivity contribution in [3.63, 3.8) is 0 Å². The van der Waals surface area contributed by atoms with Crippen molar-refractivity contribution in [3.05, 3.63) is 0 Å². The molecule has 4 fully saturated rings. The van der Waals surface area contributed by atoms with Gasteiger partial charge in [0.25, 0.3) is 0 Å². The number of rotatable bonds is 1. The van der Waals surface area contributed by atoms with Gasteiger partial charge in [0.05, 0.1) is 0 Å². The molecule has 4 aliphatic rings. The predicted octanol–water partition coefficient (Wildman–Crippen LogP) is 0.927. The van der Waals surface area contributed by atoms with Crippen molar-refractivity contribution in [2.75, 3.05) is 19.6 Å². The van der Waals surface area contributed by atoms with Crippen LogP contribution in [0.1, 0.15) is 38.5 Å². The van der Waals surface area contributed by atoms with E-state index in [-0.39, 0.29) is 11.6 Å². The molecule has 4 N–H and O–H groups in total. The van der Waals surface area contributed by atoms with Crippen LogP contribution in [0.4, 0.5) is 0 Å². The van der Waals surface area contributed by atoms with E-state index < -0.39 is 0 Å². The van der Waals surface area contributed by atoms with E-state index >= 15 is 0 Å². The molecular weight excluding hydrogens is 198 g/mol. The molecule has 1 aliphatic carbocycles. The van der Waals surface area contributed by atoms with E-state index in [9.17, 15) is 0 Å². The Bertz CT molecular complexity index is 260. The van der Waals surface area contributed by atoms with Gasteiger partial charge >= 0.3 is 0 Å². The molecular formula is C13H25N3. The molecule has 0 aromatic carbocycles. The summed E-state index contributed by atoms with van der Waals surface area (Å²) in [6, 6.07) is 0.242. The summed E-state index contributed by atoms with van der Waals surface area (Å²) in [7, 11) is 0. The summed E-state index contributed by atoms with van der Waals surface area (Å²) >= 11 is 0. The topological polar surface area (TPSA) is 55.3 Å². The molecule has 3 atom stereocenters. The van der Waals surface area contributed by atoms with E-state index in [1.807, 2.05) is 0 Å². The first kappa shape index (κ1) is 11.0. The number of hydrogen-bond acceptors (Lipinski definition) is 3.